The number of aromatic hydroxyl groups is 2. The maximum absolute atomic E-state index is 10.3. The number of phenols is 2. The van der Waals surface area contributed by atoms with E-state index < -0.39 is 0 Å². The van der Waals surface area contributed by atoms with Crippen molar-refractivity contribution in [3.8, 4) is 11.5 Å². The van der Waals surface area contributed by atoms with E-state index in [1.165, 1.54) is 59.2 Å². The number of hydrogen-bond donors (Lipinski definition) is 2. The molecule has 0 radical (unpaired) electrons. The van der Waals surface area contributed by atoms with Gasteiger partial charge >= 0.3 is 0 Å². The fourth-order valence-electron chi connectivity index (χ4n) is 6.59. The third kappa shape index (κ3) is 3.41. The molecular weight excluding hydrogens is 418 g/mol. The molecule has 0 saturated carbocycles. The van der Waals surface area contributed by atoms with Crippen LogP contribution in [0.5, 0.6) is 11.5 Å². The molecule has 1 spiro atoms. The average Bonchev–Trinajstić information content (AvgIpc) is 3.25. The molecule has 1 heterocycles. The third-order valence-corrected chi connectivity index (χ3v) is 8.49. The van der Waals surface area contributed by atoms with E-state index >= 15 is 0 Å². The molecule has 1 saturated heterocycles. The summed E-state index contributed by atoms with van der Waals surface area (Å²) < 4.78 is 0. The third-order valence-electron chi connectivity index (χ3n) is 8.49. The highest BCUT2D eigenvalue weighted by Gasteiger charge is 2.44. The molecule has 3 aromatic carbocycles. The van der Waals surface area contributed by atoms with Gasteiger partial charge in [0.1, 0.15) is 11.5 Å². The van der Waals surface area contributed by atoms with E-state index in [0.717, 1.165) is 37.4 Å². The highest BCUT2D eigenvalue weighted by atomic mass is 16.3. The summed E-state index contributed by atoms with van der Waals surface area (Å²) in [6.07, 6.45) is 9.53. The summed E-state index contributed by atoms with van der Waals surface area (Å²) in [6, 6.07) is 20.7. The van der Waals surface area contributed by atoms with Crippen LogP contribution < -0.4 is 4.90 Å². The molecule has 2 aliphatic carbocycles. The number of nitrogens with zero attached hydrogens (tertiary/aromatic N) is 1. The normalized spacial score (nSPS) is 23.5. The van der Waals surface area contributed by atoms with E-state index in [2.05, 4.69) is 54.3 Å². The van der Waals surface area contributed by atoms with Crippen LogP contribution in [0.3, 0.4) is 0 Å². The maximum Gasteiger partial charge on any atom is 0.116 e. The maximum atomic E-state index is 10.3. The van der Waals surface area contributed by atoms with Crippen molar-refractivity contribution in [2.75, 3.05) is 18.0 Å². The van der Waals surface area contributed by atoms with Crippen LogP contribution in [0.15, 0.2) is 66.7 Å². The zero-order valence-corrected chi connectivity index (χ0v) is 19.9. The Hall–Kier alpha value is -3.20. The van der Waals surface area contributed by atoms with E-state index in [1.54, 1.807) is 6.07 Å². The molecular formula is C31H33NO2. The number of fused-ring (bicyclic) bond motifs is 4. The molecule has 2 N–H and O–H groups in total. The van der Waals surface area contributed by atoms with Gasteiger partial charge in [-0.2, -0.15) is 0 Å². The standard InChI is InChI=1S/C31H33NO2/c1-2-21-4-3-16-32(17-14-21)24-7-5-22(6-8-24)28-20-31(30-12-10-26(34)19-27(28)30)15-13-23-18-25(33)9-11-29(23)31/h5-12,18-21,33-34H,2-4,13-17H2,1H3. The largest absolute Gasteiger partial charge is 0.508 e. The predicted octanol–water partition coefficient (Wildman–Crippen LogP) is 6.79. The SMILES string of the molecule is CCC1CCCN(c2ccc(C3=CC4(CCc5cc(O)ccc54)c4ccc(O)cc43)cc2)CC1. The molecule has 6 rings (SSSR count). The second-order valence-electron chi connectivity index (χ2n) is 10.3. The molecule has 0 amide bonds. The van der Waals surface area contributed by atoms with E-state index in [9.17, 15) is 10.2 Å². The molecule has 1 fully saturated rings. The lowest BCUT2D eigenvalue weighted by molar-refractivity contribution is 0.459. The molecule has 0 aromatic heterocycles. The van der Waals surface area contributed by atoms with Gasteiger partial charge in [0.05, 0.1) is 0 Å². The monoisotopic (exact) mass is 451 g/mol. The van der Waals surface area contributed by atoms with Gasteiger partial charge in [-0.25, -0.2) is 0 Å². The van der Waals surface area contributed by atoms with Gasteiger partial charge in [0.15, 0.2) is 0 Å². The Balaban J connectivity index is 1.38. The van der Waals surface area contributed by atoms with Crippen LogP contribution >= 0.6 is 0 Å². The van der Waals surface area contributed by atoms with Crippen molar-refractivity contribution in [3.05, 3.63) is 94.6 Å². The predicted molar refractivity (Wildman–Crippen MR) is 139 cm³/mol. The van der Waals surface area contributed by atoms with Gasteiger partial charge in [0, 0.05) is 24.2 Å². The van der Waals surface area contributed by atoms with E-state index in [4.69, 9.17) is 0 Å². The molecule has 34 heavy (non-hydrogen) atoms. The van der Waals surface area contributed by atoms with Crippen LogP contribution in [0, 0.1) is 5.92 Å². The van der Waals surface area contributed by atoms with E-state index in [1.807, 2.05) is 18.2 Å². The summed E-state index contributed by atoms with van der Waals surface area (Å²) >= 11 is 0. The van der Waals surface area contributed by atoms with Gasteiger partial charge in [-0.05, 0) is 108 Å². The van der Waals surface area contributed by atoms with Crippen molar-refractivity contribution in [3.63, 3.8) is 0 Å². The van der Waals surface area contributed by atoms with Crippen molar-refractivity contribution in [2.24, 2.45) is 5.92 Å². The Kier molecular flexibility index (Phi) is 5.17. The minimum atomic E-state index is -0.194. The first-order valence-electron chi connectivity index (χ1n) is 12.8. The number of rotatable bonds is 3. The second kappa shape index (κ2) is 8.23. The first-order chi connectivity index (χ1) is 16.6. The molecule has 3 heteroatoms. The van der Waals surface area contributed by atoms with Crippen LogP contribution in [0.4, 0.5) is 5.69 Å². The zero-order valence-electron chi connectivity index (χ0n) is 19.9. The number of allylic oxidation sites excluding steroid dienone is 1. The summed E-state index contributed by atoms with van der Waals surface area (Å²) in [5, 5.41) is 20.4. The van der Waals surface area contributed by atoms with Crippen molar-refractivity contribution in [1.82, 2.24) is 0 Å². The Bertz CT molecular complexity index is 1260. The molecule has 3 aliphatic rings. The van der Waals surface area contributed by atoms with Crippen molar-refractivity contribution < 1.29 is 10.2 Å². The number of anilines is 1. The molecule has 2 unspecified atom stereocenters. The molecule has 3 nitrogen and oxygen atoms in total. The fourth-order valence-corrected chi connectivity index (χ4v) is 6.59. The summed E-state index contributed by atoms with van der Waals surface area (Å²) in [5.41, 5.74) is 8.38. The first kappa shape index (κ1) is 21.3. The Morgan fingerprint density at radius 3 is 2.44 bits per heavy atom. The summed E-state index contributed by atoms with van der Waals surface area (Å²) in [7, 11) is 0. The highest BCUT2D eigenvalue weighted by molar-refractivity contribution is 5.89. The van der Waals surface area contributed by atoms with Gasteiger partial charge in [0.25, 0.3) is 0 Å². The first-order valence-corrected chi connectivity index (χ1v) is 12.8. The average molecular weight is 452 g/mol. The lowest BCUT2D eigenvalue weighted by Gasteiger charge is -2.25. The fraction of sp³-hybridized carbons (Fsp3) is 0.355. The molecule has 0 bridgehead atoms. The Morgan fingerprint density at radius 1 is 0.882 bits per heavy atom. The minimum absolute atomic E-state index is 0.194. The lowest BCUT2D eigenvalue weighted by Crippen LogP contribution is -2.24. The minimum Gasteiger partial charge on any atom is -0.508 e. The van der Waals surface area contributed by atoms with Crippen LogP contribution in [0.25, 0.3) is 5.57 Å². The lowest BCUT2D eigenvalue weighted by atomic mass is 9.77. The number of phenolic OH excluding ortho intramolecular Hbond substituents is 2. The molecule has 3 aromatic rings. The molecule has 2 atom stereocenters. The van der Waals surface area contributed by atoms with Crippen molar-refractivity contribution in [2.45, 2.75) is 50.9 Å². The number of hydrogen-bond acceptors (Lipinski definition) is 3. The molecule has 1 aliphatic heterocycles. The zero-order chi connectivity index (χ0) is 23.3. The van der Waals surface area contributed by atoms with Gasteiger partial charge < -0.3 is 15.1 Å². The Morgan fingerprint density at radius 2 is 1.65 bits per heavy atom. The van der Waals surface area contributed by atoms with Crippen LogP contribution in [0.1, 0.15) is 66.8 Å². The van der Waals surface area contributed by atoms with E-state index in [0.29, 0.717) is 11.5 Å². The smallest absolute Gasteiger partial charge is 0.116 e. The van der Waals surface area contributed by atoms with Crippen molar-refractivity contribution >= 4 is 11.3 Å². The van der Waals surface area contributed by atoms with Gasteiger partial charge in [-0.15, -0.1) is 0 Å². The number of aryl methyl sites for hydroxylation is 1. The highest BCUT2D eigenvalue weighted by Crippen LogP contribution is 2.54. The van der Waals surface area contributed by atoms with Gasteiger partial charge in [0.2, 0.25) is 0 Å². The topological polar surface area (TPSA) is 43.7 Å². The quantitative estimate of drug-likeness (QED) is 0.461. The molecule has 174 valence electrons. The summed E-state index contributed by atoms with van der Waals surface area (Å²) in [5.74, 6) is 1.50. The van der Waals surface area contributed by atoms with Crippen LogP contribution in [-0.2, 0) is 11.8 Å². The summed E-state index contributed by atoms with van der Waals surface area (Å²) in [4.78, 5) is 2.55. The summed E-state index contributed by atoms with van der Waals surface area (Å²) in [6.45, 7) is 4.60. The van der Waals surface area contributed by atoms with E-state index in [-0.39, 0.29) is 5.41 Å². The van der Waals surface area contributed by atoms with Crippen LogP contribution in [0.2, 0.25) is 0 Å². The number of benzene rings is 3. The van der Waals surface area contributed by atoms with Crippen LogP contribution in [-0.4, -0.2) is 23.3 Å². The van der Waals surface area contributed by atoms with Crippen molar-refractivity contribution in [1.29, 1.82) is 0 Å². The van der Waals surface area contributed by atoms with Gasteiger partial charge in [-0.1, -0.05) is 43.7 Å². The van der Waals surface area contributed by atoms with Gasteiger partial charge in [-0.3, -0.25) is 0 Å². The Labute approximate surface area is 202 Å². The second-order valence-corrected chi connectivity index (χ2v) is 10.3.